The van der Waals surface area contributed by atoms with E-state index in [1.165, 1.54) is 0 Å². The number of benzene rings is 1. The van der Waals surface area contributed by atoms with Crippen molar-refractivity contribution in [1.82, 2.24) is 14.5 Å². The molecule has 0 aliphatic carbocycles. The van der Waals surface area contributed by atoms with Crippen molar-refractivity contribution in [3.8, 4) is 0 Å². The number of carbonyl (C=O) groups is 1. The number of hydrogen-bond acceptors (Lipinski definition) is 3. The highest BCUT2D eigenvalue weighted by atomic mass is 16.2. The van der Waals surface area contributed by atoms with Crippen LogP contribution in [0.5, 0.6) is 0 Å². The molecular weight excluding hydrogens is 338 g/mol. The molecule has 2 aromatic rings. The van der Waals surface area contributed by atoms with Gasteiger partial charge in [0.05, 0.1) is 16.9 Å². The molecule has 1 unspecified atom stereocenters. The van der Waals surface area contributed by atoms with Crippen molar-refractivity contribution < 1.29 is 4.79 Å². The molecule has 1 aromatic heterocycles. The van der Waals surface area contributed by atoms with Gasteiger partial charge in [-0.15, -0.1) is 0 Å². The zero-order valence-electron chi connectivity index (χ0n) is 17.2. The van der Waals surface area contributed by atoms with Gasteiger partial charge in [-0.2, -0.15) is 0 Å². The topological polar surface area (TPSA) is 55.2 Å². The predicted octanol–water partition coefficient (Wildman–Crippen LogP) is 4.69. The fraction of sp³-hybridized carbons (Fsp3) is 0.591. The Morgan fingerprint density at radius 2 is 1.81 bits per heavy atom. The molecule has 0 fully saturated rings. The SMILES string of the molecule is CCCCCN(C(=O)CCCC)C(C)c1nc2ccccc2c(=O)n1CC. The van der Waals surface area contributed by atoms with Crippen LogP contribution < -0.4 is 5.56 Å². The van der Waals surface area contributed by atoms with Gasteiger partial charge < -0.3 is 4.90 Å². The zero-order valence-corrected chi connectivity index (χ0v) is 17.2. The van der Waals surface area contributed by atoms with Crippen molar-refractivity contribution in [2.24, 2.45) is 0 Å². The number of hydrogen-bond donors (Lipinski definition) is 0. The molecule has 0 N–H and O–H groups in total. The van der Waals surface area contributed by atoms with Crippen LogP contribution in [0, 0.1) is 0 Å². The van der Waals surface area contributed by atoms with Crippen molar-refractivity contribution in [1.29, 1.82) is 0 Å². The summed E-state index contributed by atoms with van der Waals surface area (Å²) in [6.07, 6.45) is 5.62. The lowest BCUT2D eigenvalue weighted by Gasteiger charge is -2.30. The summed E-state index contributed by atoms with van der Waals surface area (Å²) in [6.45, 7) is 9.46. The molecule has 1 atom stereocenters. The summed E-state index contributed by atoms with van der Waals surface area (Å²) in [6, 6.07) is 7.22. The fourth-order valence-corrected chi connectivity index (χ4v) is 3.49. The lowest BCUT2D eigenvalue weighted by atomic mass is 10.1. The molecule has 0 saturated heterocycles. The van der Waals surface area contributed by atoms with E-state index >= 15 is 0 Å². The molecule has 148 valence electrons. The summed E-state index contributed by atoms with van der Waals surface area (Å²) in [4.78, 5) is 32.5. The van der Waals surface area contributed by atoms with Gasteiger partial charge in [-0.05, 0) is 38.8 Å². The van der Waals surface area contributed by atoms with Crippen molar-refractivity contribution in [3.63, 3.8) is 0 Å². The predicted molar refractivity (Wildman–Crippen MR) is 111 cm³/mol. The first-order valence-corrected chi connectivity index (χ1v) is 10.3. The zero-order chi connectivity index (χ0) is 19.8. The summed E-state index contributed by atoms with van der Waals surface area (Å²) < 4.78 is 1.72. The first-order chi connectivity index (χ1) is 13.0. The minimum absolute atomic E-state index is 0.0283. The first kappa shape index (κ1) is 21.1. The number of para-hydroxylation sites is 1. The lowest BCUT2D eigenvalue weighted by Crippen LogP contribution is -2.38. The average molecular weight is 372 g/mol. The lowest BCUT2D eigenvalue weighted by molar-refractivity contribution is -0.133. The van der Waals surface area contributed by atoms with Gasteiger partial charge in [-0.1, -0.05) is 45.2 Å². The van der Waals surface area contributed by atoms with Crippen LogP contribution in [0.15, 0.2) is 29.1 Å². The smallest absolute Gasteiger partial charge is 0.261 e. The second-order valence-electron chi connectivity index (χ2n) is 7.11. The van der Waals surface area contributed by atoms with E-state index in [-0.39, 0.29) is 17.5 Å². The summed E-state index contributed by atoms with van der Waals surface area (Å²) in [5, 5.41) is 0.630. The summed E-state index contributed by atoms with van der Waals surface area (Å²) in [5.41, 5.74) is 0.669. The molecule has 0 radical (unpaired) electrons. The number of amides is 1. The Labute approximate surface area is 162 Å². The Morgan fingerprint density at radius 3 is 2.48 bits per heavy atom. The standard InChI is InChI=1S/C22H33N3O2/c1-5-8-12-16-25(20(26)15-9-6-2)17(4)21-23-19-14-11-10-13-18(19)22(27)24(21)7-3/h10-11,13-14,17H,5-9,12,15-16H2,1-4H3. The van der Waals surface area contributed by atoms with Gasteiger partial charge in [0.15, 0.2) is 0 Å². The second kappa shape index (κ2) is 10.2. The molecule has 0 aliphatic rings. The van der Waals surface area contributed by atoms with Gasteiger partial charge in [0, 0.05) is 19.5 Å². The minimum atomic E-state index is -0.219. The van der Waals surface area contributed by atoms with Gasteiger partial charge >= 0.3 is 0 Å². The van der Waals surface area contributed by atoms with E-state index in [1.54, 1.807) is 4.57 Å². The van der Waals surface area contributed by atoms with Crippen LogP contribution in [0.2, 0.25) is 0 Å². The molecule has 0 saturated carbocycles. The van der Waals surface area contributed by atoms with Gasteiger partial charge in [0.25, 0.3) is 5.56 Å². The van der Waals surface area contributed by atoms with E-state index in [2.05, 4.69) is 13.8 Å². The Kier molecular flexibility index (Phi) is 8.01. The van der Waals surface area contributed by atoms with Crippen LogP contribution in [-0.2, 0) is 11.3 Å². The molecule has 1 aromatic carbocycles. The number of aromatic nitrogens is 2. The summed E-state index contributed by atoms with van der Waals surface area (Å²) in [7, 11) is 0. The summed E-state index contributed by atoms with van der Waals surface area (Å²) in [5.74, 6) is 0.841. The largest absolute Gasteiger partial charge is 0.333 e. The maximum absolute atomic E-state index is 12.9. The second-order valence-corrected chi connectivity index (χ2v) is 7.11. The molecule has 5 nitrogen and oxygen atoms in total. The minimum Gasteiger partial charge on any atom is -0.333 e. The molecule has 1 amide bonds. The van der Waals surface area contributed by atoms with Crippen LogP contribution in [-0.4, -0.2) is 26.9 Å². The molecule has 0 aliphatic heterocycles. The van der Waals surface area contributed by atoms with Crippen LogP contribution >= 0.6 is 0 Å². The van der Waals surface area contributed by atoms with E-state index in [9.17, 15) is 9.59 Å². The molecular formula is C22H33N3O2. The van der Waals surface area contributed by atoms with Crippen molar-refractivity contribution in [2.45, 2.75) is 78.8 Å². The van der Waals surface area contributed by atoms with E-state index in [0.717, 1.165) is 32.1 Å². The van der Waals surface area contributed by atoms with Gasteiger partial charge in [-0.25, -0.2) is 4.98 Å². The Balaban J connectivity index is 2.44. The molecule has 0 bridgehead atoms. The number of fused-ring (bicyclic) bond motifs is 1. The molecule has 2 rings (SSSR count). The number of unbranched alkanes of at least 4 members (excludes halogenated alkanes) is 3. The maximum atomic E-state index is 12.9. The highest BCUT2D eigenvalue weighted by molar-refractivity contribution is 5.78. The fourth-order valence-electron chi connectivity index (χ4n) is 3.49. The van der Waals surface area contributed by atoms with Crippen LogP contribution in [0.4, 0.5) is 0 Å². The average Bonchev–Trinajstić information content (AvgIpc) is 2.69. The number of carbonyl (C=O) groups excluding carboxylic acids is 1. The Hall–Kier alpha value is -2.17. The molecule has 1 heterocycles. The van der Waals surface area contributed by atoms with Crippen LogP contribution in [0.1, 0.15) is 78.1 Å². The van der Waals surface area contributed by atoms with E-state index in [0.29, 0.717) is 36.2 Å². The van der Waals surface area contributed by atoms with Gasteiger partial charge in [-0.3, -0.25) is 14.2 Å². The van der Waals surface area contributed by atoms with E-state index in [1.807, 2.05) is 43.0 Å². The molecule has 5 heteroatoms. The number of rotatable bonds is 10. The Bertz CT molecular complexity index is 813. The van der Waals surface area contributed by atoms with Crippen LogP contribution in [0.25, 0.3) is 10.9 Å². The van der Waals surface area contributed by atoms with Crippen molar-refractivity contribution in [2.75, 3.05) is 6.54 Å². The van der Waals surface area contributed by atoms with Crippen LogP contribution in [0.3, 0.4) is 0 Å². The van der Waals surface area contributed by atoms with Gasteiger partial charge in [0.2, 0.25) is 5.91 Å². The van der Waals surface area contributed by atoms with E-state index < -0.39 is 0 Å². The monoisotopic (exact) mass is 371 g/mol. The number of nitrogens with zero attached hydrogens (tertiary/aromatic N) is 3. The summed E-state index contributed by atoms with van der Waals surface area (Å²) >= 11 is 0. The highest BCUT2D eigenvalue weighted by Crippen LogP contribution is 2.22. The third-order valence-corrected chi connectivity index (χ3v) is 5.12. The quantitative estimate of drug-likeness (QED) is 0.570. The van der Waals surface area contributed by atoms with Crippen molar-refractivity contribution >= 4 is 16.8 Å². The highest BCUT2D eigenvalue weighted by Gasteiger charge is 2.25. The van der Waals surface area contributed by atoms with E-state index in [4.69, 9.17) is 4.98 Å². The third-order valence-electron chi connectivity index (χ3n) is 5.12. The molecule has 27 heavy (non-hydrogen) atoms. The third kappa shape index (κ3) is 4.96. The van der Waals surface area contributed by atoms with Crippen molar-refractivity contribution in [3.05, 3.63) is 40.4 Å². The molecule has 0 spiro atoms. The Morgan fingerprint density at radius 1 is 1.11 bits per heavy atom. The normalized spacial score (nSPS) is 12.3. The van der Waals surface area contributed by atoms with Gasteiger partial charge in [0.1, 0.15) is 5.82 Å². The maximum Gasteiger partial charge on any atom is 0.261 e. The first-order valence-electron chi connectivity index (χ1n) is 10.3.